The van der Waals surface area contributed by atoms with E-state index >= 15 is 0 Å². The third kappa shape index (κ3) is 3.26. The van der Waals surface area contributed by atoms with Gasteiger partial charge in [0.25, 0.3) is 0 Å². The minimum absolute atomic E-state index is 0.262. The van der Waals surface area contributed by atoms with Gasteiger partial charge in [0, 0.05) is 29.3 Å². The molecule has 0 atom stereocenters. The van der Waals surface area contributed by atoms with Gasteiger partial charge in [0.1, 0.15) is 11.5 Å². The van der Waals surface area contributed by atoms with Crippen molar-refractivity contribution in [1.29, 1.82) is 0 Å². The summed E-state index contributed by atoms with van der Waals surface area (Å²) < 4.78 is 23.1. The molecule has 2 aromatic heterocycles. The number of pyridine rings is 1. The Hall–Kier alpha value is -2.80. The predicted octanol–water partition coefficient (Wildman–Crippen LogP) is 2.50. The molecule has 122 valence electrons. The predicted molar refractivity (Wildman–Crippen MR) is 93.0 cm³/mol. The van der Waals surface area contributed by atoms with Crippen molar-refractivity contribution in [2.75, 3.05) is 12.0 Å². The topological polar surface area (TPSA) is 98.8 Å². The van der Waals surface area contributed by atoms with Crippen LogP contribution in [0.2, 0.25) is 0 Å². The Labute approximate surface area is 140 Å². The molecule has 0 aliphatic rings. The number of hydrogen-bond donors (Lipinski definition) is 1. The Balaban J connectivity index is 2.04. The molecule has 0 bridgehead atoms. The lowest BCUT2D eigenvalue weighted by Crippen LogP contribution is -2.00. The molecule has 0 aliphatic heterocycles. The highest BCUT2D eigenvalue weighted by atomic mass is 32.2. The number of nitrogens with two attached hydrogens (primary N) is 1. The van der Waals surface area contributed by atoms with E-state index in [4.69, 9.17) is 5.73 Å². The van der Waals surface area contributed by atoms with E-state index in [1.807, 2.05) is 19.1 Å². The zero-order valence-corrected chi connectivity index (χ0v) is 14.1. The third-order valence-electron chi connectivity index (χ3n) is 3.56. The molecule has 0 saturated carbocycles. The van der Waals surface area contributed by atoms with Crippen LogP contribution in [-0.4, -0.2) is 29.6 Å². The van der Waals surface area contributed by atoms with Gasteiger partial charge in [0.05, 0.1) is 16.8 Å². The molecule has 0 saturated heterocycles. The lowest BCUT2D eigenvalue weighted by molar-refractivity contribution is 0.602. The molecule has 0 unspecified atom stereocenters. The summed E-state index contributed by atoms with van der Waals surface area (Å²) in [5.74, 6) is 0.317. The molecule has 0 aliphatic carbocycles. The number of aryl methyl sites for hydroxylation is 1. The van der Waals surface area contributed by atoms with E-state index in [-0.39, 0.29) is 4.90 Å². The van der Waals surface area contributed by atoms with Gasteiger partial charge in [-0.25, -0.2) is 18.4 Å². The van der Waals surface area contributed by atoms with Crippen LogP contribution in [0.1, 0.15) is 5.69 Å². The molecule has 1 aromatic carbocycles. The van der Waals surface area contributed by atoms with Crippen molar-refractivity contribution in [2.24, 2.45) is 0 Å². The van der Waals surface area contributed by atoms with Crippen LogP contribution in [0, 0.1) is 6.92 Å². The fourth-order valence-corrected chi connectivity index (χ4v) is 2.86. The van der Waals surface area contributed by atoms with E-state index in [0.717, 1.165) is 16.8 Å². The monoisotopic (exact) mass is 340 g/mol. The van der Waals surface area contributed by atoms with Gasteiger partial charge in [-0.1, -0.05) is 12.1 Å². The SMILES string of the molecule is Cc1ccc(-c2nc(-c3ccc(S(C)(=O)=O)cc3)cnc2N)cn1. The average molecular weight is 340 g/mol. The molecule has 6 nitrogen and oxygen atoms in total. The molecule has 0 spiro atoms. The van der Waals surface area contributed by atoms with E-state index in [0.29, 0.717) is 17.2 Å². The van der Waals surface area contributed by atoms with Crippen LogP contribution in [0.5, 0.6) is 0 Å². The second-order valence-electron chi connectivity index (χ2n) is 5.47. The largest absolute Gasteiger partial charge is 0.382 e. The lowest BCUT2D eigenvalue weighted by atomic mass is 10.1. The summed E-state index contributed by atoms with van der Waals surface area (Å²) in [5, 5.41) is 0. The first-order chi connectivity index (χ1) is 11.3. The molecule has 24 heavy (non-hydrogen) atoms. The van der Waals surface area contributed by atoms with Crippen molar-refractivity contribution < 1.29 is 8.42 Å². The Morgan fingerprint density at radius 2 is 1.58 bits per heavy atom. The van der Waals surface area contributed by atoms with Gasteiger partial charge >= 0.3 is 0 Å². The molecule has 3 aromatic rings. The number of aromatic nitrogens is 3. The van der Waals surface area contributed by atoms with Crippen LogP contribution in [0.15, 0.2) is 53.7 Å². The molecular weight excluding hydrogens is 324 g/mol. The number of nitrogen functional groups attached to an aromatic ring is 1. The molecule has 0 fully saturated rings. The number of benzene rings is 1. The van der Waals surface area contributed by atoms with Gasteiger partial charge in [-0.2, -0.15) is 0 Å². The Bertz CT molecular complexity index is 982. The second-order valence-corrected chi connectivity index (χ2v) is 7.49. The third-order valence-corrected chi connectivity index (χ3v) is 4.69. The molecule has 7 heteroatoms. The minimum Gasteiger partial charge on any atom is -0.382 e. The van der Waals surface area contributed by atoms with Crippen molar-refractivity contribution in [3.05, 3.63) is 54.5 Å². The number of anilines is 1. The first-order valence-electron chi connectivity index (χ1n) is 7.20. The van der Waals surface area contributed by atoms with E-state index in [1.165, 1.54) is 6.26 Å². The quantitative estimate of drug-likeness (QED) is 0.786. The van der Waals surface area contributed by atoms with Gasteiger partial charge in [-0.05, 0) is 31.2 Å². The van der Waals surface area contributed by atoms with E-state index in [9.17, 15) is 8.42 Å². The summed E-state index contributed by atoms with van der Waals surface area (Å²) in [6, 6.07) is 10.3. The van der Waals surface area contributed by atoms with Crippen LogP contribution >= 0.6 is 0 Å². The molecular formula is C17H16N4O2S. The Kier molecular flexibility index (Phi) is 4.02. The van der Waals surface area contributed by atoms with E-state index in [2.05, 4.69) is 15.0 Å². The van der Waals surface area contributed by atoms with Crippen LogP contribution in [0.4, 0.5) is 5.82 Å². The molecule has 2 heterocycles. The van der Waals surface area contributed by atoms with Gasteiger partial charge in [-0.15, -0.1) is 0 Å². The number of sulfone groups is 1. The van der Waals surface area contributed by atoms with Crippen molar-refractivity contribution in [2.45, 2.75) is 11.8 Å². The fraction of sp³-hybridized carbons (Fsp3) is 0.118. The van der Waals surface area contributed by atoms with Crippen molar-refractivity contribution >= 4 is 15.7 Å². The van der Waals surface area contributed by atoms with Crippen molar-refractivity contribution in [3.63, 3.8) is 0 Å². The maximum Gasteiger partial charge on any atom is 0.175 e. The highest BCUT2D eigenvalue weighted by molar-refractivity contribution is 7.90. The fourth-order valence-electron chi connectivity index (χ4n) is 2.23. The van der Waals surface area contributed by atoms with Crippen LogP contribution in [0.3, 0.4) is 0 Å². The number of nitrogens with zero attached hydrogens (tertiary/aromatic N) is 3. The summed E-state index contributed by atoms with van der Waals surface area (Å²) in [4.78, 5) is 13.3. The molecule has 0 radical (unpaired) electrons. The number of hydrogen-bond acceptors (Lipinski definition) is 6. The standard InChI is InChI=1S/C17H16N4O2S/c1-11-3-4-13(9-19-11)16-17(18)20-10-15(21-16)12-5-7-14(8-6-12)24(2,22)23/h3-10H,1-2H3,(H2,18,20). The number of rotatable bonds is 3. The normalized spacial score (nSPS) is 11.4. The average Bonchev–Trinajstić information content (AvgIpc) is 2.56. The minimum atomic E-state index is -3.23. The summed E-state index contributed by atoms with van der Waals surface area (Å²) in [5.41, 5.74) is 9.54. The van der Waals surface area contributed by atoms with Crippen LogP contribution in [-0.2, 0) is 9.84 Å². The van der Waals surface area contributed by atoms with Gasteiger partial charge < -0.3 is 5.73 Å². The smallest absolute Gasteiger partial charge is 0.175 e. The maximum absolute atomic E-state index is 11.5. The lowest BCUT2D eigenvalue weighted by Gasteiger charge is -2.08. The molecule has 0 amide bonds. The Morgan fingerprint density at radius 1 is 0.917 bits per heavy atom. The van der Waals surface area contributed by atoms with Crippen molar-refractivity contribution in [1.82, 2.24) is 15.0 Å². The van der Waals surface area contributed by atoms with E-state index < -0.39 is 9.84 Å². The van der Waals surface area contributed by atoms with Crippen molar-refractivity contribution in [3.8, 4) is 22.5 Å². The highest BCUT2D eigenvalue weighted by Gasteiger charge is 2.11. The second kappa shape index (κ2) is 6.01. The summed E-state index contributed by atoms with van der Waals surface area (Å²) >= 11 is 0. The van der Waals surface area contributed by atoms with Gasteiger partial charge in [-0.3, -0.25) is 4.98 Å². The summed E-state index contributed by atoms with van der Waals surface area (Å²) in [6.07, 6.45) is 4.44. The van der Waals surface area contributed by atoms with E-state index in [1.54, 1.807) is 36.7 Å². The van der Waals surface area contributed by atoms with Crippen LogP contribution in [0.25, 0.3) is 22.5 Å². The van der Waals surface area contributed by atoms with Crippen LogP contribution < -0.4 is 5.73 Å². The maximum atomic E-state index is 11.5. The zero-order chi connectivity index (χ0) is 17.3. The van der Waals surface area contributed by atoms with Gasteiger partial charge in [0.15, 0.2) is 9.84 Å². The zero-order valence-electron chi connectivity index (χ0n) is 13.3. The first kappa shape index (κ1) is 16.1. The first-order valence-corrected chi connectivity index (χ1v) is 9.10. The molecule has 2 N–H and O–H groups in total. The Morgan fingerprint density at radius 3 is 2.17 bits per heavy atom. The van der Waals surface area contributed by atoms with Gasteiger partial charge in [0.2, 0.25) is 0 Å². The molecule has 3 rings (SSSR count). The summed E-state index contributed by atoms with van der Waals surface area (Å²) in [6.45, 7) is 1.90. The highest BCUT2D eigenvalue weighted by Crippen LogP contribution is 2.26. The summed E-state index contributed by atoms with van der Waals surface area (Å²) in [7, 11) is -3.23.